The van der Waals surface area contributed by atoms with Crippen LogP contribution in [0.15, 0.2) is 15.5 Å². The first-order chi connectivity index (χ1) is 9.43. The Morgan fingerprint density at radius 2 is 2.15 bits per heavy atom. The number of halogens is 1. The third kappa shape index (κ3) is 3.61. The van der Waals surface area contributed by atoms with Crippen LogP contribution in [0.25, 0.3) is 0 Å². The standard InChI is InChI=1S/C14H22BrN3O2/c1-14(2)5-3-10(4-6-14)17-11-9-16-18(7-8-19)13(20)12(11)15/h9-10,17,19H,3-8H2,1-2H3. The van der Waals surface area contributed by atoms with Gasteiger partial charge in [0.1, 0.15) is 4.47 Å². The first-order valence-corrected chi connectivity index (χ1v) is 7.85. The Bertz CT molecular complexity index is 518. The molecule has 1 heterocycles. The van der Waals surface area contributed by atoms with Crippen LogP contribution < -0.4 is 10.9 Å². The number of aliphatic hydroxyl groups excluding tert-OH is 1. The highest BCUT2D eigenvalue weighted by Gasteiger charge is 2.27. The van der Waals surface area contributed by atoms with E-state index >= 15 is 0 Å². The van der Waals surface area contributed by atoms with E-state index in [1.807, 2.05) is 0 Å². The number of hydrogen-bond acceptors (Lipinski definition) is 4. The molecule has 0 saturated heterocycles. The fourth-order valence-electron chi connectivity index (χ4n) is 2.58. The summed E-state index contributed by atoms with van der Waals surface area (Å²) < 4.78 is 1.75. The Hall–Kier alpha value is -0.880. The minimum Gasteiger partial charge on any atom is -0.394 e. The van der Waals surface area contributed by atoms with Crippen LogP contribution in [0.2, 0.25) is 0 Å². The van der Waals surface area contributed by atoms with Crippen molar-refractivity contribution in [3.63, 3.8) is 0 Å². The van der Waals surface area contributed by atoms with Gasteiger partial charge >= 0.3 is 0 Å². The molecule has 0 amide bonds. The number of nitrogens with one attached hydrogen (secondary N) is 1. The Morgan fingerprint density at radius 1 is 1.50 bits per heavy atom. The molecular formula is C14H22BrN3O2. The Balaban J connectivity index is 2.07. The van der Waals surface area contributed by atoms with E-state index < -0.39 is 0 Å². The van der Waals surface area contributed by atoms with Gasteiger partial charge in [0.15, 0.2) is 0 Å². The molecule has 1 aliphatic carbocycles. The average molecular weight is 344 g/mol. The minimum absolute atomic E-state index is 0.0934. The molecule has 0 unspecified atom stereocenters. The van der Waals surface area contributed by atoms with Crippen LogP contribution in [0, 0.1) is 5.41 Å². The zero-order valence-corrected chi connectivity index (χ0v) is 13.6. The highest BCUT2D eigenvalue weighted by atomic mass is 79.9. The van der Waals surface area contributed by atoms with Crippen molar-refractivity contribution >= 4 is 21.6 Å². The van der Waals surface area contributed by atoms with Gasteiger partial charge in [0.2, 0.25) is 0 Å². The van der Waals surface area contributed by atoms with E-state index in [4.69, 9.17) is 5.11 Å². The lowest BCUT2D eigenvalue weighted by Gasteiger charge is -2.35. The van der Waals surface area contributed by atoms with Crippen LogP contribution in [0.1, 0.15) is 39.5 Å². The largest absolute Gasteiger partial charge is 0.394 e. The molecule has 6 heteroatoms. The van der Waals surface area contributed by atoms with Crippen LogP contribution in [-0.4, -0.2) is 27.5 Å². The van der Waals surface area contributed by atoms with E-state index in [0.717, 1.165) is 18.5 Å². The Labute approximate surface area is 127 Å². The summed E-state index contributed by atoms with van der Waals surface area (Å²) in [5, 5.41) is 16.4. The van der Waals surface area contributed by atoms with Crippen molar-refractivity contribution in [2.75, 3.05) is 11.9 Å². The lowest BCUT2D eigenvalue weighted by molar-refractivity contribution is 0.232. The summed E-state index contributed by atoms with van der Waals surface area (Å²) in [5.41, 5.74) is 0.965. The normalized spacial score (nSPS) is 19.0. The molecule has 2 N–H and O–H groups in total. The van der Waals surface area contributed by atoms with Crippen molar-refractivity contribution in [1.29, 1.82) is 0 Å². The van der Waals surface area contributed by atoms with Crippen LogP contribution >= 0.6 is 15.9 Å². The average Bonchev–Trinajstić information content (AvgIpc) is 2.41. The van der Waals surface area contributed by atoms with Crippen LogP contribution in [0.5, 0.6) is 0 Å². The summed E-state index contributed by atoms with van der Waals surface area (Å²) >= 11 is 3.33. The number of rotatable bonds is 4. The SMILES string of the molecule is CC1(C)CCC(Nc2cnn(CCO)c(=O)c2Br)CC1. The van der Waals surface area contributed by atoms with E-state index in [1.54, 1.807) is 6.20 Å². The maximum absolute atomic E-state index is 12.0. The van der Waals surface area contributed by atoms with Gasteiger partial charge in [-0.1, -0.05) is 13.8 Å². The first kappa shape index (κ1) is 15.5. The molecule has 0 bridgehead atoms. The van der Waals surface area contributed by atoms with Crippen molar-refractivity contribution in [2.24, 2.45) is 5.41 Å². The summed E-state index contributed by atoms with van der Waals surface area (Å²) in [6.07, 6.45) is 6.26. The number of aliphatic hydroxyl groups is 1. The first-order valence-electron chi connectivity index (χ1n) is 7.06. The molecule has 2 rings (SSSR count). The van der Waals surface area contributed by atoms with Crippen molar-refractivity contribution < 1.29 is 5.11 Å². The minimum atomic E-state index is -0.208. The van der Waals surface area contributed by atoms with E-state index in [1.165, 1.54) is 17.5 Å². The molecule has 0 spiro atoms. The molecule has 1 saturated carbocycles. The van der Waals surface area contributed by atoms with Crippen molar-refractivity contribution in [3.05, 3.63) is 21.0 Å². The number of nitrogens with zero attached hydrogens (tertiary/aromatic N) is 2. The quantitative estimate of drug-likeness (QED) is 0.880. The van der Waals surface area contributed by atoms with Gasteiger partial charge in [-0.2, -0.15) is 5.10 Å². The second-order valence-corrected chi connectivity index (χ2v) is 7.00. The van der Waals surface area contributed by atoms with Crippen molar-refractivity contribution in [1.82, 2.24) is 9.78 Å². The summed E-state index contributed by atoms with van der Waals surface area (Å²) in [5.74, 6) is 0. The number of anilines is 1. The zero-order chi connectivity index (χ0) is 14.8. The molecule has 0 aliphatic heterocycles. The maximum Gasteiger partial charge on any atom is 0.283 e. The second-order valence-electron chi connectivity index (χ2n) is 6.21. The highest BCUT2D eigenvalue weighted by Crippen LogP contribution is 2.36. The van der Waals surface area contributed by atoms with Crippen molar-refractivity contribution in [3.8, 4) is 0 Å². The highest BCUT2D eigenvalue weighted by molar-refractivity contribution is 9.10. The second kappa shape index (κ2) is 6.26. The molecule has 0 radical (unpaired) electrons. The smallest absolute Gasteiger partial charge is 0.283 e. The third-order valence-corrected chi connectivity index (χ3v) is 4.76. The van der Waals surface area contributed by atoms with E-state index in [-0.39, 0.29) is 18.7 Å². The van der Waals surface area contributed by atoms with Gasteiger partial charge in [0.25, 0.3) is 5.56 Å². The summed E-state index contributed by atoms with van der Waals surface area (Å²) in [6.45, 7) is 4.73. The van der Waals surface area contributed by atoms with Crippen LogP contribution in [0.3, 0.4) is 0 Å². The van der Waals surface area contributed by atoms with Gasteiger partial charge < -0.3 is 10.4 Å². The summed E-state index contributed by atoms with van der Waals surface area (Å²) in [4.78, 5) is 12.0. The predicted molar refractivity (Wildman–Crippen MR) is 82.9 cm³/mol. The lowest BCUT2D eigenvalue weighted by Crippen LogP contribution is -2.32. The van der Waals surface area contributed by atoms with Gasteiger partial charge in [-0.3, -0.25) is 4.79 Å². The van der Waals surface area contributed by atoms with Crippen molar-refractivity contribution in [2.45, 2.75) is 52.1 Å². The van der Waals surface area contributed by atoms with E-state index in [2.05, 4.69) is 40.2 Å². The van der Waals surface area contributed by atoms with E-state index in [0.29, 0.717) is 15.9 Å². The summed E-state index contributed by atoms with van der Waals surface area (Å²) in [7, 11) is 0. The van der Waals surface area contributed by atoms with Gasteiger partial charge in [0, 0.05) is 6.04 Å². The molecule has 112 valence electrons. The molecule has 1 aromatic rings. The fourth-order valence-corrected chi connectivity index (χ4v) is 3.00. The van der Waals surface area contributed by atoms with E-state index in [9.17, 15) is 4.79 Å². The van der Waals surface area contributed by atoms with Crippen LogP contribution in [0.4, 0.5) is 5.69 Å². The maximum atomic E-state index is 12.0. The molecule has 5 nitrogen and oxygen atoms in total. The van der Waals surface area contributed by atoms with Gasteiger partial charge in [-0.25, -0.2) is 4.68 Å². The van der Waals surface area contributed by atoms with Gasteiger partial charge in [0.05, 0.1) is 25.0 Å². The number of hydrogen-bond donors (Lipinski definition) is 2. The van der Waals surface area contributed by atoms with Gasteiger partial charge in [-0.05, 0) is 47.0 Å². The Kier molecular flexibility index (Phi) is 4.86. The molecular weight excluding hydrogens is 322 g/mol. The predicted octanol–water partition coefficient (Wildman–Crippen LogP) is 2.38. The summed E-state index contributed by atoms with van der Waals surface area (Å²) in [6, 6.07) is 0.397. The topological polar surface area (TPSA) is 67.2 Å². The monoisotopic (exact) mass is 343 g/mol. The molecule has 0 atom stereocenters. The zero-order valence-electron chi connectivity index (χ0n) is 12.0. The fraction of sp³-hybridized carbons (Fsp3) is 0.714. The van der Waals surface area contributed by atoms with Crippen LogP contribution in [-0.2, 0) is 6.54 Å². The molecule has 20 heavy (non-hydrogen) atoms. The van der Waals surface area contributed by atoms with Gasteiger partial charge in [-0.15, -0.1) is 0 Å². The molecule has 1 fully saturated rings. The molecule has 1 aromatic heterocycles. The molecule has 1 aliphatic rings. The molecule has 0 aromatic carbocycles. The Morgan fingerprint density at radius 3 is 2.75 bits per heavy atom. The third-order valence-electron chi connectivity index (χ3n) is 4.00. The number of aromatic nitrogens is 2. The lowest BCUT2D eigenvalue weighted by atomic mass is 9.75.